The molecule has 1 unspecified atom stereocenters. The Bertz CT molecular complexity index is 265. The molecule has 2 N–H and O–H groups in total. The first kappa shape index (κ1) is 11.8. The van der Waals surface area contributed by atoms with Crippen LogP contribution in [0, 0.1) is 5.92 Å². The van der Waals surface area contributed by atoms with E-state index in [1.54, 1.807) is 0 Å². The Balaban J connectivity index is 2.21. The lowest BCUT2D eigenvalue weighted by molar-refractivity contribution is -0.137. The maximum Gasteiger partial charge on any atom is 0.303 e. The number of aliphatic carboxylic acids is 1. The van der Waals surface area contributed by atoms with Gasteiger partial charge in [0.05, 0.1) is 0 Å². The fraction of sp³-hybridized carbons (Fsp3) is 0.636. The van der Waals surface area contributed by atoms with E-state index in [0.29, 0.717) is 6.42 Å². The second kappa shape index (κ2) is 5.53. The summed E-state index contributed by atoms with van der Waals surface area (Å²) in [5.41, 5.74) is 0. The lowest BCUT2D eigenvalue weighted by atomic mass is 10.1. The van der Waals surface area contributed by atoms with Crippen LogP contribution in [0.4, 0.5) is 0 Å². The Morgan fingerprint density at radius 3 is 2.60 bits per heavy atom. The van der Waals surface area contributed by atoms with Crippen LogP contribution in [0.5, 0.6) is 0 Å². The molecule has 0 radical (unpaired) electrons. The van der Waals surface area contributed by atoms with Gasteiger partial charge in [0.25, 0.3) is 0 Å². The second-order valence-electron chi connectivity index (χ2n) is 3.98. The standard InChI is InChI=1S/C11H17NO3/c1-8(6-7-10(13)14)12-11(15)9-4-2-3-5-9/h2-3,8-9H,4-7H2,1H3,(H,12,15)(H,13,14). The molecule has 0 heterocycles. The molecule has 0 aromatic rings. The molecule has 1 rings (SSSR count). The van der Waals surface area contributed by atoms with Gasteiger partial charge in [-0.1, -0.05) is 12.2 Å². The third-order valence-electron chi connectivity index (χ3n) is 2.56. The van der Waals surface area contributed by atoms with E-state index >= 15 is 0 Å². The predicted molar refractivity (Wildman–Crippen MR) is 56.3 cm³/mol. The lowest BCUT2D eigenvalue weighted by Crippen LogP contribution is -2.36. The van der Waals surface area contributed by atoms with Gasteiger partial charge >= 0.3 is 5.97 Å². The van der Waals surface area contributed by atoms with Crippen molar-refractivity contribution in [1.29, 1.82) is 0 Å². The zero-order chi connectivity index (χ0) is 11.3. The van der Waals surface area contributed by atoms with E-state index in [9.17, 15) is 9.59 Å². The minimum atomic E-state index is -0.821. The van der Waals surface area contributed by atoms with Crippen molar-refractivity contribution >= 4 is 11.9 Å². The summed E-state index contributed by atoms with van der Waals surface area (Å²) in [6.45, 7) is 1.84. The highest BCUT2D eigenvalue weighted by molar-refractivity contribution is 5.79. The number of carboxylic acids is 1. The molecular formula is C11H17NO3. The average Bonchev–Trinajstić information content (AvgIpc) is 2.67. The number of nitrogens with one attached hydrogen (secondary N) is 1. The van der Waals surface area contributed by atoms with Crippen molar-refractivity contribution in [2.75, 3.05) is 0 Å². The zero-order valence-electron chi connectivity index (χ0n) is 8.90. The minimum absolute atomic E-state index is 0.0397. The normalized spacial score (nSPS) is 17.7. The van der Waals surface area contributed by atoms with Gasteiger partial charge in [-0.2, -0.15) is 0 Å². The number of carboxylic acid groups (broad SMARTS) is 1. The molecule has 0 aromatic carbocycles. The Hall–Kier alpha value is -1.32. The lowest BCUT2D eigenvalue weighted by Gasteiger charge is -2.16. The van der Waals surface area contributed by atoms with Crippen molar-refractivity contribution in [3.63, 3.8) is 0 Å². The molecule has 0 spiro atoms. The van der Waals surface area contributed by atoms with Crippen molar-refractivity contribution in [3.05, 3.63) is 12.2 Å². The van der Waals surface area contributed by atoms with Crippen molar-refractivity contribution < 1.29 is 14.7 Å². The minimum Gasteiger partial charge on any atom is -0.481 e. The van der Waals surface area contributed by atoms with Gasteiger partial charge in [0.15, 0.2) is 0 Å². The van der Waals surface area contributed by atoms with Crippen molar-refractivity contribution in [2.24, 2.45) is 5.92 Å². The number of hydrogen-bond acceptors (Lipinski definition) is 2. The molecule has 0 aromatic heterocycles. The second-order valence-corrected chi connectivity index (χ2v) is 3.98. The molecule has 0 fully saturated rings. The van der Waals surface area contributed by atoms with Crippen LogP contribution in [-0.2, 0) is 9.59 Å². The quantitative estimate of drug-likeness (QED) is 0.674. The third-order valence-corrected chi connectivity index (χ3v) is 2.56. The first-order chi connectivity index (χ1) is 7.09. The number of allylic oxidation sites excluding steroid dienone is 2. The zero-order valence-corrected chi connectivity index (χ0v) is 8.90. The first-order valence-corrected chi connectivity index (χ1v) is 5.26. The van der Waals surface area contributed by atoms with E-state index in [2.05, 4.69) is 5.32 Å². The molecule has 4 nitrogen and oxygen atoms in total. The van der Waals surface area contributed by atoms with Crippen LogP contribution in [0.2, 0.25) is 0 Å². The number of amides is 1. The Morgan fingerprint density at radius 2 is 2.07 bits per heavy atom. The van der Waals surface area contributed by atoms with E-state index in [0.717, 1.165) is 12.8 Å². The SMILES string of the molecule is CC(CCC(=O)O)NC(=O)C1CC=CC1. The summed E-state index contributed by atoms with van der Waals surface area (Å²) in [6, 6.07) is -0.0609. The average molecular weight is 211 g/mol. The van der Waals surface area contributed by atoms with Gasteiger partial charge in [0.1, 0.15) is 0 Å². The van der Waals surface area contributed by atoms with E-state index in [1.807, 2.05) is 19.1 Å². The summed E-state index contributed by atoms with van der Waals surface area (Å²) in [5, 5.41) is 11.3. The highest BCUT2D eigenvalue weighted by Crippen LogP contribution is 2.17. The molecule has 0 saturated heterocycles. The van der Waals surface area contributed by atoms with Crippen LogP contribution in [-0.4, -0.2) is 23.0 Å². The molecular weight excluding hydrogens is 194 g/mol. The van der Waals surface area contributed by atoms with Gasteiger partial charge in [0.2, 0.25) is 5.91 Å². The van der Waals surface area contributed by atoms with Gasteiger partial charge in [0, 0.05) is 18.4 Å². The summed E-state index contributed by atoms with van der Waals surface area (Å²) in [6.07, 6.45) is 6.21. The molecule has 15 heavy (non-hydrogen) atoms. The Kier molecular flexibility index (Phi) is 4.34. The van der Waals surface area contributed by atoms with E-state index in [1.165, 1.54) is 0 Å². The maximum absolute atomic E-state index is 11.6. The highest BCUT2D eigenvalue weighted by Gasteiger charge is 2.20. The fourth-order valence-electron chi connectivity index (χ4n) is 1.60. The maximum atomic E-state index is 11.6. The number of rotatable bonds is 5. The van der Waals surface area contributed by atoms with Crippen LogP contribution in [0.25, 0.3) is 0 Å². The molecule has 0 saturated carbocycles. The van der Waals surface area contributed by atoms with Gasteiger partial charge < -0.3 is 10.4 Å². The Morgan fingerprint density at radius 1 is 1.47 bits per heavy atom. The first-order valence-electron chi connectivity index (χ1n) is 5.26. The summed E-state index contributed by atoms with van der Waals surface area (Å²) in [5.74, 6) is -0.728. The van der Waals surface area contributed by atoms with Crippen LogP contribution >= 0.6 is 0 Å². The van der Waals surface area contributed by atoms with Crippen LogP contribution in [0.15, 0.2) is 12.2 Å². The molecule has 4 heteroatoms. The largest absolute Gasteiger partial charge is 0.481 e. The monoisotopic (exact) mass is 211 g/mol. The highest BCUT2D eigenvalue weighted by atomic mass is 16.4. The number of carbonyl (C=O) groups is 2. The molecule has 1 aliphatic carbocycles. The van der Waals surface area contributed by atoms with E-state index in [-0.39, 0.29) is 24.3 Å². The molecule has 1 aliphatic rings. The molecule has 0 bridgehead atoms. The summed E-state index contributed by atoms with van der Waals surface area (Å²) < 4.78 is 0. The fourth-order valence-corrected chi connectivity index (χ4v) is 1.60. The van der Waals surface area contributed by atoms with Gasteiger partial charge in [-0.15, -0.1) is 0 Å². The molecule has 1 amide bonds. The summed E-state index contributed by atoms with van der Waals surface area (Å²) in [7, 11) is 0. The topological polar surface area (TPSA) is 66.4 Å². The van der Waals surface area contributed by atoms with Gasteiger partial charge in [-0.05, 0) is 26.2 Å². The number of carbonyl (C=O) groups excluding carboxylic acids is 1. The number of hydrogen-bond donors (Lipinski definition) is 2. The summed E-state index contributed by atoms with van der Waals surface area (Å²) >= 11 is 0. The third kappa shape index (κ3) is 4.14. The molecule has 84 valence electrons. The smallest absolute Gasteiger partial charge is 0.303 e. The van der Waals surface area contributed by atoms with Crippen molar-refractivity contribution in [3.8, 4) is 0 Å². The molecule has 0 aliphatic heterocycles. The van der Waals surface area contributed by atoms with Crippen LogP contribution in [0.3, 0.4) is 0 Å². The van der Waals surface area contributed by atoms with E-state index < -0.39 is 5.97 Å². The van der Waals surface area contributed by atoms with Gasteiger partial charge in [-0.3, -0.25) is 9.59 Å². The van der Waals surface area contributed by atoms with Crippen molar-refractivity contribution in [1.82, 2.24) is 5.32 Å². The van der Waals surface area contributed by atoms with E-state index in [4.69, 9.17) is 5.11 Å². The Labute approximate surface area is 89.4 Å². The van der Waals surface area contributed by atoms with Crippen LogP contribution in [0.1, 0.15) is 32.6 Å². The molecule has 1 atom stereocenters. The van der Waals surface area contributed by atoms with Gasteiger partial charge in [-0.25, -0.2) is 0 Å². The van der Waals surface area contributed by atoms with Crippen molar-refractivity contribution in [2.45, 2.75) is 38.6 Å². The summed E-state index contributed by atoms with van der Waals surface area (Å²) in [4.78, 5) is 21.9. The predicted octanol–water partition coefficient (Wildman–Crippen LogP) is 1.32. The van der Waals surface area contributed by atoms with Crippen LogP contribution < -0.4 is 5.32 Å².